The number of hydrogen-bond acceptors (Lipinski definition) is 7. The molecule has 3 aromatic rings. The van der Waals surface area contributed by atoms with Gasteiger partial charge in [-0.2, -0.15) is 0 Å². The number of carbonyl (C=O) groups excluding carboxylic acids is 1. The Morgan fingerprint density at radius 3 is 2.53 bits per heavy atom. The molecule has 0 spiro atoms. The molecular weight excluding hydrogens is 466 g/mol. The molecule has 0 saturated carbocycles. The number of aromatic hydroxyl groups is 1. The van der Waals surface area contributed by atoms with Crippen LogP contribution < -0.4 is 5.56 Å². The normalized spacial score (nSPS) is 13.1. The topological polar surface area (TPSA) is 128 Å². The number of aromatic nitrogens is 2. The SMILES string of the molecule is CCOC(=O)c1c(O)c2ncc(Cc3ccc(F)cc3)cc2n(CCCP(=O)(O)OCC)c1=O. The fraction of sp³-hybridized carbons (Fsp3) is 0.348. The van der Waals surface area contributed by atoms with Crippen molar-refractivity contribution >= 4 is 24.6 Å². The second-order valence-electron chi connectivity index (χ2n) is 7.55. The summed E-state index contributed by atoms with van der Waals surface area (Å²) in [5.41, 5.74) is 0.403. The number of halogens is 1. The van der Waals surface area contributed by atoms with Gasteiger partial charge in [-0.1, -0.05) is 12.1 Å². The van der Waals surface area contributed by atoms with Gasteiger partial charge in [-0.15, -0.1) is 0 Å². The first-order valence-corrected chi connectivity index (χ1v) is 12.6. The van der Waals surface area contributed by atoms with Gasteiger partial charge in [0.15, 0.2) is 11.3 Å². The molecule has 9 nitrogen and oxygen atoms in total. The van der Waals surface area contributed by atoms with Crippen LogP contribution >= 0.6 is 7.60 Å². The van der Waals surface area contributed by atoms with Gasteiger partial charge in [-0.05, 0) is 56.0 Å². The molecule has 0 aliphatic rings. The maximum absolute atomic E-state index is 13.2. The van der Waals surface area contributed by atoms with Crippen molar-refractivity contribution in [2.45, 2.75) is 33.2 Å². The van der Waals surface area contributed by atoms with Gasteiger partial charge in [0.05, 0.1) is 24.9 Å². The van der Waals surface area contributed by atoms with Crippen LogP contribution in [0.15, 0.2) is 41.3 Å². The van der Waals surface area contributed by atoms with Gasteiger partial charge in [-0.25, -0.2) is 9.18 Å². The molecule has 1 unspecified atom stereocenters. The molecule has 34 heavy (non-hydrogen) atoms. The van der Waals surface area contributed by atoms with Crippen molar-refractivity contribution in [3.8, 4) is 5.75 Å². The second kappa shape index (κ2) is 10.9. The molecule has 0 aliphatic heterocycles. The van der Waals surface area contributed by atoms with Crippen molar-refractivity contribution in [3.63, 3.8) is 0 Å². The Hall–Kier alpha value is -3.07. The highest BCUT2D eigenvalue weighted by Gasteiger charge is 2.25. The molecule has 1 atom stereocenters. The van der Waals surface area contributed by atoms with E-state index in [1.54, 1.807) is 32.0 Å². The summed E-state index contributed by atoms with van der Waals surface area (Å²) < 4.78 is 36.3. The highest BCUT2D eigenvalue weighted by molar-refractivity contribution is 7.52. The van der Waals surface area contributed by atoms with Crippen LogP contribution in [0.3, 0.4) is 0 Å². The summed E-state index contributed by atoms with van der Waals surface area (Å²) in [6, 6.07) is 7.56. The number of pyridine rings is 2. The largest absolute Gasteiger partial charge is 0.505 e. The fourth-order valence-electron chi connectivity index (χ4n) is 3.59. The zero-order chi connectivity index (χ0) is 24.9. The summed E-state index contributed by atoms with van der Waals surface area (Å²) >= 11 is 0. The molecule has 182 valence electrons. The van der Waals surface area contributed by atoms with Crippen molar-refractivity contribution in [1.29, 1.82) is 0 Å². The Balaban J connectivity index is 2.07. The van der Waals surface area contributed by atoms with Crippen LogP contribution in [-0.4, -0.2) is 44.9 Å². The third-order valence-electron chi connectivity index (χ3n) is 5.09. The minimum absolute atomic E-state index is 0.00182. The van der Waals surface area contributed by atoms with E-state index in [1.807, 2.05) is 0 Å². The van der Waals surface area contributed by atoms with Gasteiger partial charge >= 0.3 is 13.6 Å². The smallest absolute Gasteiger partial charge is 0.347 e. The molecule has 0 radical (unpaired) electrons. The average molecular weight is 492 g/mol. The number of hydrogen-bond donors (Lipinski definition) is 2. The molecule has 0 fully saturated rings. The van der Waals surface area contributed by atoms with Crippen LogP contribution in [0.4, 0.5) is 4.39 Å². The van der Waals surface area contributed by atoms with E-state index in [2.05, 4.69) is 4.98 Å². The molecule has 2 aromatic heterocycles. The summed E-state index contributed by atoms with van der Waals surface area (Å²) in [5.74, 6) is -1.94. The first kappa shape index (κ1) is 25.6. The third kappa shape index (κ3) is 5.88. The lowest BCUT2D eigenvalue weighted by Gasteiger charge is -2.16. The van der Waals surface area contributed by atoms with Crippen molar-refractivity contribution in [1.82, 2.24) is 9.55 Å². The quantitative estimate of drug-likeness (QED) is 0.325. The summed E-state index contributed by atoms with van der Waals surface area (Å²) in [6.07, 6.45) is 1.77. The van der Waals surface area contributed by atoms with Gasteiger partial charge in [0.1, 0.15) is 11.3 Å². The molecule has 1 aromatic carbocycles. The number of fused-ring (bicyclic) bond motifs is 1. The van der Waals surface area contributed by atoms with E-state index >= 15 is 0 Å². The van der Waals surface area contributed by atoms with Gasteiger partial charge in [0.25, 0.3) is 5.56 Å². The Morgan fingerprint density at radius 1 is 1.18 bits per heavy atom. The lowest BCUT2D eigenvalue weighted by atomic mass is 10.1. The summed E-state index contributed by atoms with van der Waals surface area (Å²) in [7, 11) is -3.82. The van der Waals surface area contributed by atoms with E-state index < -0.39 is 30.4 Å². The molecule has 0 saturated heterocycles. The average Bonchev–Trinajstić information content (AvgIpc) is 2.78. The van der Waals surface area contributed by atoms with E-state index in [9.17, 15) is 28.5 Å². The summed E-state index contributed by atoms with van der Waals surface area (Å²) in [5, 5.41) is 10.7. The Labute approximate surface area is 195 Å². The minimum atomic E-state index is -3.82. The van der Waals surface area contributed by atoms with Crippen molar-refractivity contribution in [2.75, 3.05) is 19.4 Å². The zero-order valence-corrected chi connectivity index (χ0v) is 19.8. The van der Waals surface area contributed by atoms with Crippen molar-refractivity contribution < 1.29 is 33.0 Å². The van der Waals surface area contributed by atoms with Crippen LogP contribution in [-0.2, 0) is 26.8 Å². The van der Waals surface area contributed by atoms with Gasteiger partial charge in [0, 0.05) is 12.7 Å². The van der Waals surface area contributed by atoms with Crippen molar-refractivity contribution in [3.05, 3.63) is 69.4 Å². The predicted molar refractivity (Wildman–Crippen MR) is 124 cm³/mol. The predicted octanol–water partition coefficient (Wildman–Crippen LogP) is 3.62. The summed E-state index contributed by atoms with van der Waals surface area (Å²) in [6.45, 7) is 3.21. The Bertz CT molecular complexity index is 1290. The molecule has 2 heterocycles. The Morgan fingerprint density at radius 2 is 1.88 bits per heavy atom. The molecular formula is C23H26FN2O7P. The number of rotatable bonds is 10. The molecule has 2 N–H and O–H groups in total. The van der Waals surface area contributed by atoms with Crippen LogP contribution in [0, 0.1) is 5.82 Å². The minimum Gasteiger partial charge on any atom is -0.505 e. The van der Waals surface area contributed by atoms with Crippen LogP contribution in [0.2, 0.25) is 0 Å². The van der Waals surface area contributed by atoms with E-state index in [0.29, 0.717) is 12.0 Å². The standard InChI is InChI=1S/C23H26FN2O7P/c1-3-32-23(29)19-21(27)20-18(26(22(19)28)10-5-11-34(30,31)33-4-2)13-16(14-25-20)12-15-6-8-17(24)9-7-15/h6-9,13-14,27H,3-5,10-12H2,1-2H3,(H,30,31). The summed E-state index contributed by atoms with van der Waals surface area (Å²) in [4.78, 5) is 39.7. The number of carbonyl (C=O) groups is 1. The highest BCUT2D eigenvalue weighted by atomic mass is 31.2. The number of benzene rings is 1. The van der Waals surface area contributed by atoms with E-state index in [1.165, 1.54) is 22.9 Å². The van der Waals surface area contributed by atoms with Gasteiger partial charge in [0.2, 0.25) is 0 Å². The van der Waals surface area contributed by atoms with E-state index in [0.717, 1.165) is 5.56 Å². The molecule has 11 heteroatoms. The van der Waals surface area contributed by atoms with E-state index in [-0.39, 0.29) is 49.2 Å². The van der Waals surface area contributed by atoms with Crippen molar-refractivity contribution in [2.24, 2.45) is 0 Å². The van der Waals surface area contributed by atoms with E-state index in [4.69, 9.17) is 9.26 Å². The van der Waals surface area contributed by atoms with Gasteiger partial charge in [-0.3, -0.25) is 14.3 Å². The highest BCUT2D eigenvalue weighted by Crippen LogP contribution is 2.42. The lowest BCUT2D eigenvalue weighted by Crippen LogP contribution is -2.28. The monoisotopic (exact) mass is 492 g/mol. The number of aryl methyl sites for hydroxylation is 1. The van der Waals surface area contributed by atoms with Crippen LogP contribution in [0.1, 0.15) is 41.8 Å². The fourth-order valence-corrected chi connectivity index (χ4v) is 4.66. The lowest BCUT2D eigenvalue weighted by molar-refractivity contribution is 0.0520. The number of esters is 1. The zero-order valence-electron chi connectivity index (χ0n) is 18.9. The Kier molecular flexibility index (Phi) is 8.19. The first-order chi connectivity index (χ1) is 16.2. The molecule has 0 aliphatic carbocycles. The maximum Gasteiger partial charge on any atom is 0.347 e. The van der Waals surface area contributed by atoms with Crippen LogP contribution in [0.5, 0.6) is 5.75 Å². The maximum atomic E-state index is 13.2. The second-order valence-corrected chi connectivity index (χ2v) is 9.53. The number of nitrogens with zero attached hydrogens (tertiary/aromatic N) is 2. The molecule has 0 bridgehead atoms. The molecule has 0 amide bonds. The van der Waals surface area contributed by atoms with Crippen LogP contribution in [0.25, 0.3) is 11.0 Å². The number of ether oxygens (including phenoxy) is 1. The molecule has 3 rings (SSSR count). The first-order valence-electron chi connectivity index (χ1n) is 10.8. The van der Waals surface area contributed by atoms with Gasteiger partial charge < -0.3 is 23.8 Å². The third-order valence-corrected chi connectivity index (χ3v) is 6.63.